The molecule has 0 saturated carbocycles. The van der Waals surface area contributed by atoms with Crippen LogP contribution in [0.25, 0.3) is 0 Å². The number of carbonyl (C=O) groups excluding carboxylic acids is 1. The number of rotatable bonds is 2. The number of halogens is 1. The summed E-state index contributed by atoms with van der Waals surface area (Å²) >= 11 is 0. The van der Waals surface area contributed by atoms with Gasteiger partial charge in [-0.1, -0.05) is 19.1 Å². The molecular weight excluding hydrogens is 219 g/mol. The molecule has 0 radical (unpaired) electrons. The van der Waals surface area contributed by atoms with Crippen LogP contribution in [0.4, 0.5) is 4.39 Å². The van der Waals surface area contributed by atoms with E-state index < -0.39 is 0 Å². The topological polar surface area (TPSA) is 46.3 Å². The largest absolute Gasteiger partial charge is 0.334 e. The first-order valence-corrected chi connectivity index (χ1v) is 5.88. The van der Waals surface area contributed by atoms with E-state index in [1.807, 2.05) is 6.07 Å². The summed E-state index contributed by atoms with van der Waals surface area (Å²) in [6.07, 6.45) is 0.937. The van der Waals surface area contributed by atoms with Crippen LogP contribution in [0.3, 0.4) is 0 Å². The zero-order valence-electron chi connectivity index (χ0n) is 9.90. The van der Waals surface area contributed by atoms with Gasteiger partial charge in [0, 0.05) is 6.54 Å². The summed E-state index contributed by atoms with van der Waals surface area (Å²) in [6.45, 7) is 2.80. The molecule has 1 heterocycles. The molecule has 0 aliphatic carbocycles. The van der Waals surface area contributed by atoms with Gasteiger partial charge in [0.1, 0.15) is 5.82 Å². The van der Waals surface area contributed by atoms with E-state index in [1.54, 1.807) is 11.0 Å². The van der Waals surface area contributed by atoms with Gasteiger partial charge in [0.05, 0.1) is 12.6 Å². The molecule has 3 nitrogen and oxygen atoms in total. The lowest BCUT2D eigenvalue weighted by molar-refractivity contribution is -0.130. The summed E-state index contributed by atoms with van der Waals surface area (Å²) in [5, 5.41) is 0. The van der Waals surface area contributed by atoms with Crippen LogP contribution >= 0.6 is 0 Å². The average molecular weight is 236 g/mol. The van der Waals surface area contributed by atoms with Crippen LogP contribution in [0.15, 0.2) is 24.3 Å². The highest BCUT2D eigenvalue weighted by Crippen LogP contribution is 2.36. The lowest BCUT2D eigenvalue weighted by Crippen LogP contribution is -2.36. The fourth-order valence-electron chi connectivity index (χ4n) is 2.54. The fourth-order valence-corrected chi connectivity index (χ4v) is 2.54. The van der Waals surface area contributed by atoms with Crippen LogP contribution in [-0.4, -0.2) is 23.9 Å². The molecule has 1 aliphatic heterocycles. The number of hydrogen-bond acceptors (Lipinski definition) is 2. The molecule has 2 atom stereocenters. The molecule has 0 unspecified atom stereocenters. The first kappa shape index (κ1) is 12.0. The summed E-state index contributed by atoms with van der Waals surface area (Å²) in [5.41, 5.74) is 6.26. The second-order valence-electron chi connectivity index (χ2n) is 4.56. The molecule has 1 fully saturated rings. The van der Waals surface area contributed by atoms with Crippen molar-refractivity contribution >= 4 is 5.91 Å². The van der Waals surface area contributed by atoms with Crippen molar-refractivity contribution in [3.05, 3.63) is 35.6 Å². The smallest absolute Gasteiger partial charge is 0.236 e. The molecule has 1 aromatic carbocycles. The van der Waals surface area contributed by atoms with E-state index in [1.165, 1.54) is 12.1 Å². The Morgan fingerprint density at radius 2 is 2.35 bits per heavy atom. The summed E-state index contributed by atoms with van der Waals surface area (Å²) in [5.74, 6) is 0.0117. The van der Waals surface area contributed by atoms with E-state index in [0.29, 0.717) is 12.5 Å². The molecule has 0 bridgehead atoms. The molecule has 2 rings (SSSR count). The van der Waals surface area contributed by atoms with Crippen LogP contribution < -0.4 is 5.73 Å². The number of nitrogens with two attached hydrogens (primary N) is 1. The predicted molar refractivity (Wildman–Crippen MR) is 63.7 cm³/mol. The molecule has 1 aromatic rings. The third kappa shape index (κ3) is 2.31. The number of likely N-dealkylation sites (tertiary alicyclic amines) is 1. The maximum absolute atomic E-state index is 13.2. The molecule has 4 heteroatoms. The van der Waals surface area contributed by atoms with Gasteiger partial charge in [-0.25, -0.2) is 4.39 Å². The highest BCUT2D eigenvalue weighted by molar-refractivity contribution is 5.78. The Kier molecular flexibility index (Phi) is 3.43. The Balaban J connectivity index is 2.30. The Morgan fingerprint density at radius 3 is 3.00 bits per heavy atom. The van der Waals surface area contributed by atoms with Gasteiger partial charge in [-0.15, -0.1) is 0 Å². The molecule has 17 heavy (non-hydrogen) atoms. The summed E-state index contributed by atoms with van der Waals surface area (Å²) in [7, 11) is 0. The number of nitrogens with zero attached hydrogens (tertiary/aromatic N) is 1. The van der Waals surface area contributed by atoms with Gasteiger partial charge in [0.25, 0.3) is 0 Å². The number of hydrogen-bond donors (Lipinski definition) is 1. The molecule has 1 saturated heterocycles. The van der Waals surface area contributed by atoms with Crippen LogP contribution in [-0.2, 0) is 4.79 Å². The third-order valence-corrected chi connectivity index (χ3v) is 3.39. The monoisotopic (exact) mass is 236 g/mol. The van der Waals surface area contributed by atoms with Gasteiger partial charge < -0.3 is 10.6 Å². The van der Waals surface area contributed by atoms with Crippen molar-refractivity contribution in [3.63, 3.8) is 0 Å². The summed E-state index contributed by atoms with van der Waals surface area (Å²) in [6, 6.07) is 6.43. The van der Waals surface area contributed by atoms with Crippen molar-refractivity contribution in [2.75, 3.05) is 13.1 Å². The van der Waals surface area contributed by atoms with Gasteiger partial charge in [-0.3, -0.25) is 4.79 Å². The number of benzene rings is 1. The van der Waals surface area contributed by atoms with Gasteiger partial charge in [-0.2, -0.15) is 0 Å². The SMILES string of the molecule is C[C@@H]1CCN(C(=O)CN)[C@H]1c1cccc(F)c1. The zero-order chi connectivity index (χ0) is 12.4. The minimum Gasteiger partial charge on any atom is -0.334 e. The van der Waals surface area contributed by atoms with E-state index in [2.05, 4.69) is 6.92 Å². The Hall–Kier alpha value is -1.42. The van der Waals surface area contributed by atoms with Gasteiger partial charge in [0.15, 0.2) is 0 Å². The molecule has 1 aliphatic rings. The van der Waals surface area contributed by atoms with Gasteiger partial charge in [0.2, 0.25) is 5.91 Å². The van der Waals surface area contributed by atoms with Crippen molar-refractivity contribution in [1.29, 1.82) is 0 Å². The van der Waals surface area contributed by atoms with E-state index in [0.717, 1.165) is 12.0 Å². The van der Waals surface area contributed by atoms with E-state index in [-0.39, 0.29) is 24.3 Å². The highest BCUT2D eigenvalue weighted by atomic mass is 19.1. The maximum Gasteiger partial charge on any atom is 0.236 e. The van der Waals surface area contributed by atoms with Crippen LogP contribution in [0, 0.1) is 11.7 Å². The fraction of sp³-hybridized carbons (Fsp3) is 0.462. The molecule has 1 amide bonds. The van der Waals surface area contributed by atoms with E-state index in [9.17, 15) is 9.18 Å². The standard InChI is InChI=1S/C13H17FN2O/c1-9-5-6-16(12(17)8-15)13(9)10-3-2-4-11(14)7-10/h2-4,7,9,13H,5-6,8,15H2,1H3/t9-,13-/m1/s1. The van der Waals surface area contributed by atoms with Crippen LogP contribution in [0.1, 0.15) is 24.9 Å². The maximum atomic E-state index is 13.2. The normalized spacial score (nSPS) is 24.1. The Morgan fingerprint density at radius 1 is 1.59 bits per heavy atom. The van der Waals surface area contributed by atoms with Crippen molar-refractivity contribution in [3.8, 4) is 0 Å². The van der Waals surface area contributed by atoms with Gasteiger partial charge >= 0.3 is 0 Å². The Bertz CT molecular complexity index is 422. The van der Waals surface area contributed by atoms with Gasteiger partial charge in [-0.05, 0) is 30.0 Å². The number of amides is 1. The quantitative estimate of drug-likeness (QED) is 0.849. The molecule has 0 aromatic heterocycles. The van der Waals surface area contributed by atoms with E-state index in [4.69, 9.17) is 5.73 Å². The van der Waals surface area contributed by atoms with Crippen LogP contribution in [0.2, 0.25) is 0 Å². The second kappa shape index (κ2) is 4.84. The average Bonchev–Trinajstić information content (AvgIpc) is 2.70. The molecule has 0 spiro atoms. The lowest BCUT2D eigenvalue weighted by atomic mass is 9.95. The second-order valence-corrected chi connectivity index (χ2v) is 4.56. The third-order valence-electron chi connectivity index (χ3n) is 3.39. The minimum absolute atomic E-state index is 0.0124. The van der Waals surface area contributed by atoms with Crippen molar-refractivity contribution < 1.29 is 9.18 Å². The summed E-state index contributed by atoms with van der Waals surface area (Å²) < 4.78 is 13.2. The molecule has 2 N–H and O–H groups in total. The highest BCUT2D eigenvalue weighted by Gasteiger charge is 2.34. The van der Waals surface area contributed by atoms with Crippen LogP contribution in [0.5, 0.6) is 0 Å². The molecule has 92 valence electrons. The first-order chi connectivity index (χ1) is 8.13. The zero-order valence-corrected chi connectivity index (χ0v) is 9.90. The Labute approximate surface area is 100 Å². The van der Waals surface area contributed by atoms with Crippen molar-refractivity contribution in [1.82, 2.24) is 4.90 Å². The lowest BCUT2D eigenvalue weighted by Gasteiger charge is -2.27. The first-order valence-electron chi connectivity index (χ1n) is 5.88. The van der Waals surface area contributed by atoms with E-state index >= 15 is 0 Å². The summed E-state index contributed by atoms with van der Waals surface area (Å²) in [4.78, 5) is 13.5. The number of carbonyl (C=O) groups is 1. The molecular formula is C13H17FN2O. The minimum atomic E-state index is -0.262. The van der Waals surface area contributed by atoms with Crippen molar-refractivity contribution in [2.45, 2.75) is 19.4 Å². The van der Waals surface area contributed by atoms with Crippen molar-refractivity contribution in [2.24, 2.45) is 11.7 Å². The predicted octanol–water partition coefficient (Wildman–Crippen LogP) is 1.69.